The Morgan fingerprint density at radius 1 is 0.667 bits per heavy atom. The Morgan fingerprint density at radius 2 is 1.02 bits per heavy atom. The first-order valence-electron chi connectivity index (χ1n) is 12.0. The van der Waals surface area contributed by atoms with E-state index in [1.54, 1.807) is 12.1 Å². The smallest absolute Gasteiger partial charge is 0.245 e. The molecule has 4 heterocycles. The average Bonchev–Trinajstić information content (AvgIpc) is 3.72. The third-order valence-corrected chi connectivity index (χ3v) is 8.21. The van der Waals surface area contributed by atoms with Crippen LogP contribution in [0.1, 0.15) is 60.0 Å². The third kappa shape index (κ3) is 5.60. The van der Waals surface area contributed by atoms with Crippen LogP contribution in [0, 0.1) is 11.6 Å². The van der Waals surface area contributed by atoms with Gasteiger partial charge in [0.1, 0.15) is 11.6 Å². The Labute approximate surface area is 236 Å². The normalized spacial score (nSPS) is 22.5. The van der Waals surface area contributed by atoms with Crippen molar-refractivity contribution in [3.63, 3.8) is 0 Å². The van der Waals surface area contributed by atoms with Crippen LogP contribution < -0.4 is 0 Å². The highest BCUT2D eigenvalue weighted by Crippen LogP contribution is 2.41. The summed E-state index contributed by atoms with van der Waals surface area (Å²) in [6.45, 7) is 0. The van der Waals surface area contributed by atoms with Crippen LogP contribution in [-0.2, 0) is 21.6 Å². The molecule has 2 aromatic heterocycles. The van der Waals surface area contributed by atoms with Crippen molar-refractivity contribution in [2.75, 3.05) is 0 Å². The van der Waals surface area contributed by atoms with Gasteiger partial charge in [-0.3, -0.25) is 0 Å². The van der Waals surface area contributed by atoms with E-state index >= 15 is 0 Å². The predicted octanol–water partition coefficient (Wildman–Crippen LogP) is 5.50. The Balaban J connectivity index is 0.000000168. The van der Waals surface area contributed by atoms with Gasteiger partial charge in [-0.05, 0) is 12.1 Å². The summed E-state index contributed by atoms with van der Waals surface area (Å²) >= 11 is 0. The van der Waals surface area contributed by atoms with E-state index in [0.717, 1.165) is 9.36 Å². The van der Waals surface area contributed by atoms with Gasteiger partial charge in [0.15, 0.2) is 45.6 Å². The summed E-state index contributed by atoms with van der Waals surface area (Å²) in [6.07, 6.45) is -3.30. The summed E-state index contributed by atoms with van der Waals surface area (Å²) in [6, 6.07) is 9.93. The largest absolute Gasteiger partial charge is 0.319 e. The SMILES string of the molecule is O=[S@@](c1nc2n(n1)[C@H](c1ccccc1F)C[C@@H]2F)C(F)F.O=[S@](c1nc2n(n1)[C@H](c1ccccc1F)C[C@@H]2F)C(F)F. The molecule has 0 bridgehead atoms. The number of nitrogens with zero attached hydrogens (tertiary/aromatic N) is 6. The van der Waals surface area contributed by atoms with Crippen LogP contribution >= 0.6 is 0 Å². The molecular weight excluding hydrogens is 620 g/mol. The van der Waals surface area contributed by atoms with Crippen molar-refractivity contribution >= 4 is 21.6 Å². The Morgan fingerprint density at radius 3 is 1.36 bits per heavy atom. The Hall–Kier alpha value is -3.54. The Bertz CT molecular complexity index is 1530. The highest BCUT2D eigenvalue weighted by molar-refractivity contribution is 7.85. The molecule has 0 saturated carbocycles. The van der Waals surface area contributed by atoms with E-state index in [1.165, 1.54) is 36.4 Å². The highest BCUT2D eigenvalue weighted by Gasteiger charge is 2.39. The number of halogens is 8. The van der Waals surface area contributed by atoms with E-state index in [4.69, 9.17) is 0 Å². The second-order valence-electron chi connectivity index (χ2n) is 8.99. The lowest BCUT2D eigenvalue weighted by Crippen LogP contribution is -2.11. The van der Waals surface area contributed by atoms with Gasteiger partial charge in [0, 0.05) is 24.0 Å². The van der Waals surface area contributed by atoms with Crippen LogP contribution in [0.3, 0.4) is 0 Å². The maximum absolute atomic E-state index is 13.9. The van der Waals surface area contributed by atoms with Crippen molar-refractivity contribution in [1.82, 2.24) is 29.5 Å². The minimum Gasteiger partial charge on any atom is -0.245 e. The molecule has 0 unspecified atom stereocenters. The summed E-state index contributed by atoms with van der Waals surface area (Å²) in [7, 11) is -5.44. The van der Waals surface area contributed by atoms with E-state index in [9.17, 15) is 43.5 Å². The van der Waals surface area contributed by atoms with E-state index in [0.29, 0.717) is 0 Å². The summed E-state index contributed by atoms with van der Waals surface area (Å²) in [5.41, 5.74) is 0.386. The molecular formula is C24H18F8N6O2S2. The summed E-state index contributed by atoms with van der Waals surface area (Å²) < 4.78 is 130. The number of hydrogen-bond donors (Lipinski definition) is 0. The van der Waals surface area contributed by atoms with E-state index < -0.39 is 79.5 Å². The molecule has 0 aliphatic carbocycles. The molecule has 2 aromatic carbocycles. The fourth-order valence-electron chi connectivity index (χ4n) is 4.66. The molecule has 0 N–H and O–H groups in total. The zero-order valence-corrected chi connectivity index (χ0v) is 22.5. The van der Waals surface area contributed by atoms with Gasteiger partial charge in [-0.1, -0.05) is 36.4 Å². The number of benzene rings is 2. The van der Waals surface area contributed by atoms with Gasteiger partial charge in [0.05, 0.1) is 12.1 Å². The van der Waals surface area contributed by atoms with Crippen LogP contribution in [0.5, 0.6) is 0 Å². The second kappa shape index (κ2) is 12.0. The summed E-state index contributed by atoms with van der Waals surface area (Å²) in [4.78, 5) is 7.15. The van der Waals surface area contributed by atoms with Crippen LogP contribution in [0.2, 0.25) is 0 Å². The van der Waals surface area contributed by atoms with Gasteiger partial charge in [0.25, 0.3) is 0 Å². The lowest BCUT2D eigenvalue weighted by atomic mass is 10.0. The zero-order valence-electron chi connectivity index (χ0n) is 20.8. The van der Waals surface area contributed by atoms with Gasteiger partial charge in [0.2, 0.25) is 10.3 Å². The van der Waals surface area contributed by atoms with Crippen molar-refractivity contribution in [1.29, 1.82) is 0 Å². The molecule has 2 aliphatic heterocycles. The number of aromatic nitrogens is 6. The monoisotopic (exact) mass is 638 g/mol. The minimum atomic E-state index is -3.15. The minimum absolute atomic E-state index is 0.0855. The highest BCUT2D eigenvalue weighted by atomic mass is 32.2. The van der Waals surface area contributed by atoms with Crippen LogP contribution in [0.15, 0.2) is 58.8 Å². The molecule has 0 fully saturated rings. The second-order valence-corrected chi connectivity index (χ2v) is 11.6. The van der Waals surface area contributed by atoms with Crippen LogP contribution in [0.4, 0.5) is 35.1 Å². The van der Waals surface area contributed by atoms with E-state index in [2.05, 4.69) is 20.2 Å². The van der Waals surface area contributed by atoms with Gasteiger partial charge in [-0.2, -0.15) is 17.6 Å². The quantitative estimate of drug-likeness (QED) is 0.259. The zero-order chi connectivity index (χ0) is 30.3. The number of fused-ring (bicyclic) bond motifs is 2. The number of rotatable bonds is 6. The van der Waals surface area contributed by atoms with Crippen molar-refractivity contribution in [2.24, 2.45) is 0 Å². The topological polar surface area (TPSA) is 95.6 Å². The van der Waals surface area contributed by atoms with Crippen molar-refractivity contribution in [2.45, 2.75) is 59.1 Å². The average molecular weight is 639 g/mol. The van der Waals surface area contributed by atoms with E-state index in [1.807, 2.05) is 0 Å². The van der Waals surface area contributed by atoms with Crippen molar-refractivity contribution < 1.29 is 43.5 Å². The molecule has 6 rings (SSSR count). The summed E-state index contributed by atoms with van der Waals surface area (Å²) in [5.74, 6) is -7.81. The fourth-order valence-corrected chi connectivity index (χ4v) is 5.68. The third-order valence-electron chi connectivity index (χ3n) is 6.50. The first-order chi connectivity index (χ1) is 20.0. The molecule has 18 heteroatoms. The molecule has 0 saturated heterocycles. The van der Waals surface area contributed by atoms with Crippen molar-refractivity contribution in [3.05, 3.63) is 82.9 Å². The summed E-state index contributed by atoms with van der Waals surface area (Å²) in [5, 5.41) is 6.09. The molecule has 2 aliphatic rings. The fraction of sp³-hybridized carbons (Fsp3) is 0.333. The molecule has 0 radical (unpaired) electrons. The molecule has 8 nitrogen and oxygen atoms in total. The van der Waals surface area contributed by atoms with Gasteiger partial charge < -0.3 is 0 Å². The first-order valence-corrected chi connectivity index (χ1v) is 14.5. The molecule has 0 spiro atoms. The van der Waals surface area contributed by atoms with Crippen molar-refractivity contribution in [3.8, 4) is 0 Å². The standard InChI is InChI=1S/2C12H9F4N3OS/c2*13-7-4-2-1-3-6(7)9-5-8(14)10-17-12(18-19(9)10)21(20)11(15)16/h2*1-4,8-9,11H,5H2/t8-,9-,21+;8-,9-,21-/m00/s1. The Kier molecular flexibility index (Phi) is 8.54. The molecule has 6 atom stereocenters. The van der Waals surface area contributed by atoms with E-state index in [-0.39, 0.29) is 35.6 Å². The van der Waals surface area contributed by atoms with Crippen LogP contribution in [-0.4, -0.2) is 49.5 Å². The number of hydrogen-bond acceptors (Lipinski definition) is 6. The molecule has 42 heavy (non-hydrogen) atoms. The first kappa shape index (κ1) is 29.9. The van der Waals surface area contributed by atoms with Gasteiger partial charge in [-0.15, -0.1) is 10.2 Å². The predicted molar refractivity (Wildman–Crippen MR) is 131 cm³/mol. The van der Waals surface area contributed by atoms with Crippen LogP contribution in [0.25, 0.3) is 0 Å². The molecule has 0 amide bonds. The molecule has 224 valence electrons. The maximum Gasteiger partial charge on any atom is 0.319 e. The number of alkyl halides is 6. The van der Waals surface area contributed by atoms with Gasteiger partial charge >= 0.3 is 11.5 Å². The maximum atomic E-state index is 13.9. The van der Waals surface area contributed by atoms with Gasteiger partial charge in [-0.25, -0.2) is 45.3 Å². The molecule has 4 aromatic rings. The lowest BCUT2D eigenvalue weighted by Gasteiger charge is -2.12. The lowest BCUT2D eigenvalue weighted by molar-refractivity contribution is 0.242.